The Bertz CT molecular complexity index is 1850. The smallest absolute Gasteiger partial charge is 0.336 e. The fourth-order valence-corrected chi connectivity index (χ4v) is 4.96. The van der Waals surface area contributed by atoms with Gasteiger partial charge >= 0.3 is 11.9 Å². The summed E-state index contributed by atoms with van der Waals surface area (Å²) in [6.45, 7) is 3.29. The lowest BCUT2D eigenvalue weighted by Gasteiger charge is -2.29. The molecule has 0 fully saturated rings. The van der Waals surface area contributed by atoms with E-state index in [0.717, 1.165) is 11.6 Å². The molecule has 0 amide bonds. The lowest BCUT2D eigenvalue weighted by molar-refractivity contribution is -0.385. The molecule has 0 unspecified atom stereocenters. The molecule has 0 saturated heterocycles. The molecule has 0 saturated carbocycles. The second-order valence-corrected chi connectivity index (χ2v) is 9.61. The number of allylic oxidation sites excluding steroid dienone is 2. The molecule has 0 radical (unpaired) electrons. The van der Waals surface area contributed by atoms with Gasteiger partial charge in [-0.15, -0.1) is 0 Å². The summed E-state index contributed by atoms with van der Waals surface area (Å²) in [4.78, 5) is 47.6. The van der Waals surface area contributed by atoms with Gasteiger partial charge in [-0.3, -0.25) is 14.9 Å². The van der Waals surface area contributed by atoms with Crippen molar-refractivity contribution in [2.75, 3.05) is 14.2 Å². The van der Waals surface area contributed by atoms with Gasteiger partial charge in [0.1, 0.15) is 28.2 Å². The largest absolute Gasteiger partial charge is 0.508 e. The summed E-state index contributed by atoms with van der Waals surface area (Å²) in [5.41, 5.74) is 1.75. The van der Waals surface area contributed by atoms with Crippen LogP contribution in [0.15, 0.2) is 105 Å². The normalized spacial score (nSPS) is 13.1. The zero-order chi connectivity index (χ0) is 32.1. The second kappa shape index (κ2) is 12.9. The van der Waals surface area contributed by atoms with E-state index in [0.29, 0.717) is 17.2 Å². The van der Waals surface area contributed by atoms with Gasteiger partial charge in [0.25, 0.3) is 5.69 Å². The number of hydrogen-bond donors (Lipinski definition) is 3. The van der Waals surface area contributed by atoms with Crippen LogP contribution in [0.2, 0.25) is 0 Å². The molecule has 1 aromatic heterocycles. The number of benzene rings is 3. The average Bonchev–Trinajstić information content (AvgIpc) is 3.00. The van der Waals surface area contributed by atoms with Gasteiger partial charge in [0.05, 0.1) is 36.2 Å². The van der Waals surface area contributed by atoms with Crippen LogP contribution in [0.3, 0.4) is 0 Å². The van der Waals surface area contributed by atoms with Crippen LogP contribution in [-0.4, -0.2) is 41.3 Å². The molecule has 0 bridgehead atoms. The minimum atomic E-state index is -0.970. The van der Waals surface area contributed by atoms with Gasteiger partial charge in [0.15, 0.2) is 5.43 Å². The summed E-state index contributed by atoms with van der Waals surface area (Å²) >= 11 is 0. The van der Waals surface area contributed by atoms with E-state index >= 15 is 0 Å². The zero-order valence-electron chi connectivity index (χ0n) is 24.1. The van der Waals surface area contributed by atoms with Gasteiger partial charge in [-0.25, -0.2) is 9.59 Å². The van der Waals surface area contributed by atoms with Crippen LogP contribution < -0.4 is 10.7 Å². The quantitative estimate of drug-likeness (QED) is 0.159. The molecule has 44 heavy (non-hydrogen) atoms. The molecule has 0 spiro atoms. The number of carbonyl (C=O) groups excluding carboxylic acids is 2. The first-order valence-corrected chi connectivity index (χ1v) is 13.1. The first-order chi connectivity index (χ1) is 21.0. The lowest BCUT2D eigenvalue weighted by Crippen LogP contribution is -2.32. The van der Waals surface area contributed by atoms with Gasteiger partial charge < -0.3 is 29.4 Å². The van der Waals surface area contributed by atoms with E-state index in [1.807, 2.05) is 30.3 Å². The first kappa shape index (κ1) is 31.0. The third kappa shape index (κ3) is 6.14. The molecule has 12 nitrogen and oxygen atoms in total. The molecular weight excluding hydrogens is 572 g/mol. The predicted molar refractivity (Wildman–Crippen MR) is 160 cm³/mol. The van der Waals surface area contributed by atoms with E-state index in [-0.39, 0.29) is 50.3 Å². The number of nitrogens with zero attached hydrogens (tertiary/aromatic N) is 1. The number of rotatable bonds is 5. The van der Waals surface area contributed by atoms with E-state index in [4.69, 9.17) is 13.9 Å². The van der Waals surface area contributed by atoms with Crippen molar-refractivity contribution in [3.05, 3.63) is 121 Å². The number of ether oxygens (including phenoxy) is 2. The Morgan fingerprint density at radius 3 is 2.02 bits per heavy atom. The maximum Gasteiger partial charge on any atom is 0.336 e. The topological polar surface area (TPSA) is 178 Å². The van der Waals surface area contributed by atoms with Crippen LogP contribution in [0.4, 0.5) is 5.69 Å². The number of esters is 2. The fourth-order valence-electron chi connectivity index (χ4n) is 4.96. The van der Waals surface area contributed by atoms with Crippen LogP contribution in [0.25, 0.3) is 22.3 Å². The number of phenolic OH excluding ortho intramolecular Hbond substituents is 2. The van der Waals surface area contributed by atoms with E-state index in [1.165, 1.54) is 44.6 Å². The zero-order valence-corrected chi connectivity index (χ0v) is 24.1. The van der Waals surface area contributed by atoms with Crippen molar-refractivity contribution in [3.8, 4) is 22.8 Å². The van der Waals surface area contributed by atoms with Crippen LogP contribution in [-0.2, 0) is 19.1 Å². The van der Waals surface area contributed by atoms with Gasteiger partial charge in [0.2, 0.25) is 0 Å². The van der Waals surface area contributed by atoms with E-state index in [2.05, 4.69) is 5.32 Å². The van der Waals surface area contributed by atoms with E-state index in [1.54, 1.807) is 19.9 Å². The molecular formula is C32H28N2O10. The fraction of sp³-hybridized carbons (Fsp3) is 0.156. The van der Waals surface area contributed by atoms with Crippen LogP contribution in [0, 0.1) is 10.1 Å². The Labute approximate surface area is 250 Å². The highest BCUT2D eigenvalue weighted by molar-refractivity contribution is 6.00. The number of dihydropyridines is 1. The van der Waals surface area contributed by atoms with Gasteiger partial charge in [-0.05, 0) is 13.8 Å². The van der Waals surface area contributed by atoms with E-state index < -0.39 is 22.8 Å². The van der Waals surface area contributed by atoms with Crippen molar-refractivity contribution in [2.45, 2.75) is 19.8 Å². The number of nitro benzene ring substituents is 1. The van der Waals surface area contributed by atoms with Crippen LogP contribution in [0.1, 0.15) is 25.3 Å². The highest BCUT2D eigenvalue weighted by Crippen LogP contribution is 2.42. The first-order valence-electron chi connectivity index (χ1n) is 13.1. The molecule has 3 N–H and O–H groups in total. The highest BCUT2D eigenvalue weighted by Gasteiger charge is 2.40. The van der Waals surface area contributed by atoms with Crippen LogP contribution in [0.5, 0.6) is 11.5 Å². The van der Waals surface area contributed by atoms with Gasteiger partial charge in [-0.1, -0.05) is 48.5 Å². The number of nitro groups is 1. The Morgan fingerprint density at radius 1 is 0.886 bits per heavy atom. The maximum atomic E-state index is 12.3. The average molecular weight is 601 g/mol. The molecule has 5 rings (SSSR count). The molecule has 12 heteroatoms. The molecule has 0 atom stereocenters. The van der Waals surface area contributed by atoms with Crippen molar-refractivity contribution in [1.29, 1.82) is 0 Å². The summed E-state index contributed by atoms with van der Waals surface area (Å²) in [6, 6.07) is 18.9. The number of carbonyl (C=O) groups is 2. The van der Waals surface area contributed by atoms with Crippen molar-refractivity contribution in [1.82, 2.24) is 5.32 Å². The number of hydrogen-bond acceptors (Lipinski definition) is 11. The van der Waals surface area contributed by atoms with Crippen molar-refractivity contribution >= 4 is 28.6 Å². The van der Waals surface area contributed by atoms with E-state index in [9.17, 15) is 34.7 Å². The number of aromatic hydroxyl groups is 2. The minimum Gasteiger partial charge on any atom is -0.508 e. The summed E-state index contributed by atoms with van der Waals surface area (Å²) in [5.74, 6) is -2.38. The Hall–Kier alpha value is -5.91. The van der Waals surface area contributed by atoms with Gasteiger partial charge in [0, 0.05) is 46.8 Å². The minimum absolute atomic E-state index is 0.0671. The molecule has 0 aliphatic carbocycles. The Morgan fingerprint density at radius 2 is 1.45 bits per heavy atom. The predicted octanol–water partition coefficient (Wildman–Crippen LogP) is 5.05. The Kier molecular flexibility index (Phi) is 9.13. The molecule has 226 valence electrons. The van der Waals surface area contributed by atoms with Crippen LogP contribution >= 0.6 is 0 Å². The van der Waals surface area contributed by atoms with Gasteiger partial charge in [-0.2, -0.15) is 0 Å². The van der Waals surface area contributed by atoms with Crippen molar-refractivity contribution in [2.24, 2.45) is 0 Å². The molecule has 1 aliphatic heterocycles. The summed E-state index contributed by atoms with van der Waals surface area (Å²) in [6.07, 6.45) is 0. The summed E-state index contributed by atoms with van der Waals surface area (Å²) < 4.78 is 15.2. The SMILES string of the molecule is COC(=O)C1=C(C)NC(C)=C(C(=O)OC)C1c1ccccc1[N+](=O)[O-].O=c1cc(-c2ccccc2)oc2cc(O)cc(O)c12. The third-order valence-electron chi connectivity index (χ3n) is 6.87. The monoisotopic (exact) mass is 600 g/mol. The summed E-state index contributed by atoms with van der Waals surface area (Å²) in [7, 11) is 2.42. The third-order valence-corrected chi connectivity index (χ3v) is 6.87. The summed E-state index contributed by atoms with van der Waals surface area (Å²) in [5, 5.41) is 33.6. The number of nitrogens with one attached hydrogen (secondary N) is 1. The maximum absolute atomic E-state index is 12.3. The standard InChI is InChI=1S/C17H18N2O6.C15H10O4/c1-9-13(16(20)24-3)15(14(10(2)18-9)17(21)25-4)11-7-5-6-8-12(11)19(22)23;16-10-6-11(17)15-12(18)8-13(19-14(15)7-10)9-4-2-1-3-5-9/h5-8,15,18H,1-4H3;1-8,16-17H. The molecule has 2 heterocycles. The highest BCUT2D eigenvalue weighted by atomic mass is 16.6. The van der Waals surface area contributed by atoms with Crippen molar-refractivity contribution < 1.29 is 38.6 Å². The lowest BCUT2D eigenvalue weighted by atomic mass is 9.79. The number of phenols is 2. The second-order valence-electron chi connectivity index (χ2n) is 9.61. The number of methoxy groups -OCH3 is 2. The number of para-hydroxylation sites is 1. The molecule has 4 aromatic rings. The van der Waals surface area contributed by atoms with Crippen molar-refractivity contribution in [3.63, 3.8) is 0 Å². The molecule has 1 aliphatic rings. The number of fused-ring (bicyclic) bond motifs is 1. The Balaban J connectivity index is 0.000000208. The molecule has 3 aromatic carbocycles.